The third-order valence-electron chi connectivity index (χ3n) is 5.20. The van der Waals surface area contributed by atoms with Gasteiger partial charge in [-0.15, -0.1) is 0 Å². The van der Waals surface area contributed by atoms with Gasteiger partial charge in [0.15, 0.2) is 12.6 Å². The molecule has 2 rings (SSSR count). The Bertz CT molecular complexity index is 894. The van der Waals surface area contributed by atoms with Crippen molar-refractivity contribution in [2.75, 3.05) is 19.8 Å². The largest absolute Gasteiger partial charge is 0.436 e. The molecule has 2 amide bonds. The minimum absolute atomic E-state index is 0.249. The van der Waals surface area contributed by atoms with Crippen LogP contribution in [-0.4, -0.2) is 61.0 Å². The van der Waals surface area contributed by atoms with Gasteiger partial charge in [0.2, 0.25) is 0 Å². The molecule has 0 fully saturated rings. The third-order valence-corrected chi connectivity index (χ3v) is 5.20. The Morgan fingerprint density at radius 3 is 2.08 bits per heavy atom. The summed E-state index contributed by atoms with van der Waals surface area (Å²) in [4.78, 5) is 47.8. The van der Waals surface area contributed by atoms with E-state index in [0.29, 0.717) is 51.9 Å². The summed E-state index contributed by atoms with van der Waals surface area (Å²) in [5, 5.41) is 0. The molecule has 1 heterocycles. The Balaban J connectivity index is 1.43. The summed E-state index contributed by atoms with van der Waals surface area (Å²) in [5.41, 5.74) is 0.909. The Hall–Kier alpha value is -3.30. The molecule has 1 aliphatic heterocycles. The Morgan fingerprint density at radius 1 is 0.833 bits per heavy atom. The fourth-order valence-corrected chi connectivity index (χ4v) is 3.31. The van der Waals surface area contributed by atoms with Crippen molar-refractivity contribution < 1.29 is 38.1 Å². The van der Waals surface area contributed by atoms with Crippen molar-refractivity contribution in [3.8, 4) is 0 Å². The molecule has 1 aromatic rings. The van der Waals surface area contributed by atoms with Crippen LogP contribution in [0.3, 0.4) is 0 Å². The van der Waals surface area contributed by atoms with Gasteiger partial charge in [-0.1, -0.05) is 36.8 Å². The number of hydrogen-bond donors (Lipinski definition) is 0. The lowest BCUT2D eigenvalue weighted by atomic mass is 10.2. The molecule has 0 saturated heterocycles. The van der Waals surface area contributed by atoms with E-state index in [4.69, 9.17) is 18.9 Å². The van der Waals surface area contributed by atoms with Crippen LogP contribution >= 0.6 is 0 Å². The quantitative estimate of drug-likeness (QED) is 0.104. The van der Waals surface area contributed by atoms with E-state index in [9.17, 15) is 19.2 Å². The maximum atomic E-state index is 11.9. The summed E-state index contributed by atoms with van der Waals surface area (Å²) in [6.45, 7) is 4.48. The second-order valence-corrected chi connectivity index (χ2v) is 8.23. The van der Waals surface area contributed by atoms with Crippen molar-refractivity contribution in [3.05, 3.63) is 54.1 Å². The molecule has 1 aromatic carbocycles. The first-order valence-corrected chi connectivity index (χ1v) is 12.2. The summed E-state index contributed by atoms with van der Waals surface area (Å²) in [5.74, 6) is -1.40. The monoisotopic (exact) mass is 501 g/mol. The number of imide groups is 1. The van der Waals surface area contributed by atoms with Crippen LogP contribution in [0.1, 0.15) is 57.9 Å². The van der Waals surface area contributed by atoms with E-state index >= 15 is 0 Å². The first-order valence-electron chi connectivity index (χ1n) is 12.2. The van der Waals surface area contributed by atoms with Gasteiger partial charge in [-0.05, 0) is 51.2 Å². The normalized spacial score (nSPS) is 14.9. The first-order chi connectivity index (χ1) is 17.3. The topological polar surface area (TPSA) is 108 Å². The number of carbonyl (C=O) groups excluding carboxylic acids is 4. The second kappa shape index (κ2) is 16.4. The molecule has 0 saturated carbocycles. The molecule has 1 aliphatic rings. The van der Waals surface area contributed by atoms with Gasteiger partial charge in [-0.3, -0.25) is 19.3 Å². The van der Waals surface area contributed by atoms with Gasteiger partial charge in [0.25, 0.3) is 11.8 Å². The number of amides is 2. The number of carbonyl (C=O) groups is 4. The minimum Gasteiger partial charge on any atom is -0.436 e. The van der Waals surface area contributed by atoms with Gasteiger partial charge >= 0.3 is 11.9 Å². The lowest BCUT2D eigenvalue weighted by Crippen LogP contribution is -2.30. The second-order valence-electron chi connectivity index (χ2n) is 8.23. The summed E-state index contributed by atoms with van der Waals surface area (Å²) in [6.07, 6.45) is 7.85. The number of ether oxygens (including phenoxy) is 4. The Morgan fingerprint density at radius 2 is 1.44 bits per heavy atom. The maximum Gasteiger partial charge on any atom is 0.333 e. The van der Waals surface area contributed by atoms with Crippen molar-refractivity contribution in [3.63, 3.8) is 0 Å². The number of nitrogens with zero attached hydrogens (tertiary/aromatic N) is 1. The minimum atomic E-state index is -0.660. The summed E-state index contributed by atoms with van der Waals surface area (Å²) >= 11 is 0. The zero-order chi connectivity index (χ0) is 26.2. The van der Waals surface area contributed by atoms with Crippen molar-refractivity contribution in [2.24, 2.45) is 0 Å². The zero-order valence-corrected chi connectivity index (χ0v) is 20.9. The SMILES string of the molecule is CC(OCCCCOC(C)OC(=O)CCCCCN1C(=O)C=CC1=O)OC(=O)/C=C/c1ccccc1. The molecule has 9 heteroatoms. The number of esters is 2. The maximum absolute atomic E-state index is 11.9. The van der Waals surface area contributed by atoms with Crippen molar-refractivity contribution >= 4 is 29.8 Å². The van der Waals surface area contributed by atoms with E-state index in [1.165, 1.54) is 23.1 Å². The standard InChI is InChI=1S/C27H35NO8/c1-21(35-26(31)13-7-4-8-18-28-24(29)15-16-25(28)30)33-19-9-10-20-34-22(2)36-27(32)17-14-23-11-5-3-6-12-23/h3,5-6,11-12,14-17,21-22H,4,7-10,13,18-20H2,1-2H3/b17-14+. The lowest BCUT2D eigenvalue weighted by Gasteiger charge is -2.15. The molecule has 9 nitrogen and oxygen atoms in total. The Labute approximate surface area is 212 Å². The highest BCUT2D eigenvalue weighted by Crippen LogP contribution is 2.09. The third kappa shape index (κ3) is 11.9. The number of rotatable bonds is 17. The van der Waals surface area contributed by atoms with Crippen LogP contribution in [0.2, 0.25) is 0 Å². The van der Waals surface area contributed by atoms with Crippen LogP contribution in [0.5, 0.6) is 0 Å². The highest BCUT2D eigenvalue weighted by Gasteiger charge is 2.22. The van der Waals surface area contributed by atoms with E-state index in [1.54, 1.807) is 19.9 Å². The van der Waals surface area contributed by atoms with Crippen LogP contribution in [0.4, 0.5) is 0 Å². The van der Waals surface area contributed by atoms with Gasteiger partial charge in [0.05, 0.1) is 13.2 Å². The molecule has 0 radical (unpaired) electrons. The summed E-state index contributed by atoms with van der Waals surface area (Å²) < 4.78 is 21.4. The smallest absolute Gasteiger partial charge is 0.333 e. The molecule has 0 aliphatic carbocycles. The summed E-state index contributed by atoms with van der Waals surface area (Å²) in [7, 11) is 0. The molecular weight excluding hydrogens is 466 g/mol. The highest BCUT2D eigenvalue weighted by atomic mass is 16.7. The zero-order valence-electron chi connectivity index (χ0n) is 20.9. The van der Waals surface area contributed by atoms with Crippen molar-refractivity contribution in [1.29, 1.82) is 0 Å². The van der Waals surface area contributed by atoms with E-state index in [-0.39, 0.29) is 24.2 Å². The molecule has 196 valence electrons. The van der Waals surface area contributed by atoms with Gasteiger partial charge in [-0.2, -0.15) is 0 Å². The van der Waals surface area contributed by atoms with E-state index in [2.05, 4.69) is 0 Å². The predicted octanol–water partition coefficient (Wildman–Crippen LogP) is 3.78. The number of hydrogen-bond acceptors (Lipinski definition) is 8. The molecule has 2 atom stereocenters. The van der Waals surface area contributed by atoms with Crippen LogP contribution in [0.25, 0.3) is 6.08 Å². The average molecular weight is 502 g/mol. The van der Waals surface area contributed by atoms with Gasteiger partial charge in [0.1, 0.15) is 0 Å². The lowest BCUT2D eigenvalue weighted by molar-refractivity contribution is -0.176. The van der Waals surface area contributed by atoms with Crippen LogP contribution in [0.15, 0.2) is 48.6 Å². The van der Waals surface area contributed by atoms with E-state index < -0.39 is 18.5 Å². The van der Waals surface area contributed by atoms with E-state index in [0.717, 1.165) is 5.56 Å². The fraction of sp³-hybridized carbons (Fsp3) is 0.481. The van der Waals surface area contributed by atoms with Crippen LogP contribution < -0.4 is 0 Å². The van der Waals surface area contributed by atoms with Crippen molar-refractivity contribution in [2.45, 2.75) is 65.0 Å². The molecule has 0 spiro atoms. The number of benzene rings is 1. The number of unbranched alkanes of at least 4 members (excludes halogenated alkanes) is 3. The van der Waals surface area contributed by atoms with E-state index in [1.807, 2.05) is 30.3 Å². The van der Waals surface area contributed by atoms with Crippen molar-refractivity contribution in [1.82, 2.24) is 4.90 Å². The van der Waals surface area contributed by atoms with Crippen LogP contribution in [-0.2, 0) is 38.1 Å². The van der Waals surface area contributed by atoms with Gasteiger partial charge < -0.3 is 18.9 Å². The van der Waals surface area contributed by atoms with Gasteiger partial charge in [0, 0.05) is 31.2 Å². The Kier molecular flexibility index (Phi) is 13.2. The molecule has 0 bridgehead atoms. The highest BCUT2D eigenvalue weighted by molar-refractivity contribution is 6.12. The summed E-state index contributed by atoms with van der Waals surface area (Å²) in [6, 6.07) is 9.45. The average Bonchev–Trinajstić information content (AvgIpc) is 3.17. The fourth-order valence-electron chi connectivity index (χ4n) is 3.31. The molecule has 36 heavy (non-hydrogen) atoms. The molecule has 0 aromatic heterocycles. The molecule has 0 N–H and O–H groups in total. The van der Waals surface area contributed by atoms with Gasteiger partial charge in [-0.25, -0.2) is 4.79 Å². The van der Waals surface area contributed by atoms with Crippen LogP contribution in [0, 0.1) is 0 Å². The molecule has 2 unspecified atom stereocenters. The molecular formula is C27H35NO8. The first kappa shape index (κ1) is 28.9. The predicted molar refractivity (Wildman–Crippen MR) is 132 cm³/mol.